The molecule has 0 N–H and O–H groups in total. The predicted octanol–water partition coefficient (Wildman–Crippen LogP) is 2.23. The third-order valence-corrected chi connectivity index (χ3v) is 1.87. The van der Waals surface area contributed by atoms with Crippen LogP contribution in [0.4, 0.5) is 14.5 Å². The molecule has 0 atom stereocenters. The molecule has 0 saturated carbocycles. The van der Waals surface area contributed by atoms with Crippen LogP contribution in [-0.2, 0) is 0 Å². The van der Waals surface area contributed by atoms with E-state index in [1.54, 1.807) is 0 Å². The van der Waals surface area contributed by atoms with Crippen molar-refractivity contribution in [2.75, 3.05) is 19.0 Å². The van der Waals surface area contributed by atoms with E-state index >= 15 is 0 Å². The van der Waals surface area contributed by atoms with Gasteiger partial charge in [0.15, 0.2) is 5.78 Å². The number of benzene rings is 1. The van der Waals surface area contributed by atoms with Gasteiger partial charge in [-0.3, -0.25) is 4.79 Å². The first kappa shape index (κ1) is 10.6. The van der Waals surface area contributed by atoms with Gasteiger partial charge in [-0.05, 0) is 19.1 Å². The predicted molar refractivity (Wildman–Crippen MR) is 50.7 cm³/mol. The molecule has 0 aliphatic rings. The lowest BCUT2D eigenvalue weighted by atomic mass is 10.1. The Bertz CT molecular complexity index is 351. The van der Waals surface area contributed by atoms with Gasteiger partial charge in [0.2, 0.25) is 0 Å². The summed E-state index contributed by atoms with van der Waals surface area (Å²) >= 11 is 0. The van der Waals surface area contributed by atoms with Crippen molar-refractivity contribution in [2.24, 2.45) is 0 Å². The smallest absolute Gasteiger partial charge is 0.160 e. The highest BCUT2D eigenvalue weighted by Crippen LogP contribution is 2.23. The van der Waals surface area contributed by atoms with Crippen molar-refractivity contribution >= 4 is 11.5 Å². The Labute approximate surface area is 81.1 Å². The maximum Gasteiger partial charge on any atom is 0.160 e. The van der Waals surface area contributed by atoms with Crippen LogP contribution in [0.1, 0.15) is 17.3 Å². The third-order valence-electron chi connectivity index (χ3n) is 1.87. The van der Waals surface area contributed by atoms with Gasteiger partial charge in [-0.25, -0.2) is 8.78 Å². The molecule has 0 unspecified atom stereocenters. The fraction of sp³-hybridized carbons (Fsp3) is 0.300. The molecule has 1 aromatic rings. The fourth-order valence-electron chi connectivity index (χ4n) is 1.20. The molecule has 4 heteroatoms. The molecule has 0 bridgehead atoms. The van der Waals surface area contributed by atoms with Gasteiger partial charge < -0.3 is 4.90 Å². The van der Waals surface area contributed by atoms with E-state index in [-0.39, 0.29) is 17.0 Å². The summed E-state index contributed by atoms with van der Waals surface area (Å²) in [7, 11) is 3.07. The summed E-state index contributed by atoms with van der Waals surface area (Å²) in [5, 5.41) is 0. The van der Waals surface area contributed by atoms with Crippen LogP contribution in [0.2, 0.25) is 0 Å². The van der Waals surface area contributed by atoms with Gasteiger partial charge >= 0.3 is 0 Å². The van der Waals surface area contributed by atoms with E-state index in [2.05, 4.69) is 0 Å². The van der Waals surface area contributed by atoms with Gasteiger partial charge in [0.05, 0.1) is 0 Å². The first-order chi connectivity index (χ1) is 6.43. The van der Waals surface area contributed by atoms with Crippen molar-refractivity contribution in [2.45, 2.75) is 6.92 Å². The molecule has 0 amide bonds. The number of hydrogen-bond acceptors (Lipinski definition) is 2. The summed E-state index contributed by atoms with van der Waals surface area (Å²) < 4.78 is 26.6. The number of hydrogen-bond donors (Lipinski definition) is 0. The van der Waals surface area contributed by atoms with Crippen LogP contribution in [0.15, 0.2) is 12.1 Å². The maximum atomic E-state index is 13.3. The summed E-state index contributed by atoms with van der Waals surface area (Å²) in [6.45, 7) is 1.27. The van der Waals surface area contributed by atoms with Gasteiger partial charge in [-0.1, -0.05) is 0 Å². The monoisotopic (exact) mass is 199 g/mol. The number of anilines is 1. The molecular formula is C10H11F2NO. The second-order valence-electron chi connectivity index (χ2n) is 3.24. The van der Waals surface area contributed by atoms with Gasteiger partial charge in [-0.15, -0.1) is 0 Å². The molecule has 0 aliphatic heterocycles. The van der Waals surface area contributed by atoms with Crippen molar-refractivity contribution in [3.63, 3.8) is 0 Å². The lowest BCUT2D eigenvalue weighted by Crippen LogP contribution is -2.13. The van der Waals surface area contributed by atoms with Crippen molar-refractivity contribution in [1.29, 1.82) is 0 Å². The molecule has 1 rings (SSSR count). The minimum Gasteiger partial charge on any atom is -0.373 e. The van der Waals surface area contributed by atoms with Crippen LogP contribution >= 0.6 is 0 Å². The van der Waals surface area contributed by atoms with Crippen LogP contribution in [0.5, 0.6) is 0 Å². The van der Waals surface area contributed by atoms with E-state index in [0.717, 1.165) is 12.1 Å². The molecule has 0 heterocycles. The zero-order valence-electron chi connectivity index (χ0n) is 8.27. The second-order valence-corrected chi connectivity index (χ2v) is 3.24. The van der Waals surface area contributed by atoms with Crippen LogP contribution in [0, 0.1) is 11.6 Å². The number of carbonyl (C=O) groups is 1. The third kappa shape index (κ3) is 1.89. The zero-order valence-corrected chi connectivity index (χ0v) is 8.27. The van der Waals surface area contributed by atoms with Gasteiger partial charge in [0.1, 0.15) is 17.3 Å². The summed E-state index contributed by atoms with van der Waals surface area (Å²) in [6.07, 6.45) is 0. The normalized spacial score (nSPS) is 10.1. The molecule has 76 valence electrons. The number of rotatable bonds is 2. The Morgan fingerprint density at radius 1 is 1.21 bits per heavy atom. The summed E-state index contributed by atoms with van der Waals surface area (Å²) in [5.74, 6) is -1.80. The molecule has 0 radical (unpaired) electrons. The minimum atomic E-state index is -0.722. The van der Waals surface area contributed by atoms with Crippen LogP contribution < -0.4 is 4.90 Å². The molecule has 0 aromatic heterocycles. The number of carbonyl (C=O) groups excluding carboxylic acids is 1. The molecule has 0 fully saturated rings. The lowest BCUT2D eigenvalue weighted by molar-refractivity contribution is 0.101. The highest BCUT2D eigenvalue weighted by Gasteiger charge is 2.14. The Hall–Kier alpha value is -1.45. The number of halogens is 2. The second kappa shape index (κ2) is 3.74. The van der Waals surface area contributed by atoms with E-state index in [1.165, 1.54) is 25.9 Å². The lowest BCUT2D eigenvalue weighted by Gasteiger charge is -2.14. The number of Topliss-reactive ketones (excluding diaryl/α,β-unsaturated/α-hetero) is 1. The standard InChI is InChI=1S/C10H11F2NO/c1-6(14)7-4-8(11)10(13(2)3)9(12)5-7/h4-5H,1-3H3. The summed E-state index contributed by atoms with van der Waals surface area (Å²) in [5.41, 5.74) is -0.0828. The van der Waals surface area contributed by atoms with E-state index < -0.39 is 11.6 Å². The number of ketones is 1. The molecule has 2 nitrogen and oxygen atoms in total. The van der Waals surface area contributed by atoms with Crippen LogP contribution in [0.25, 0.3) is 0 Å². The Morgan fingerprint density at radius 2 is 1.64 bits per heavy atom. The Morgan fingerprint density at radius 3 is 1.93 bits per heavy atom. The largest absolute Gasteiger partial charge is 0.373 e. The van der Waals surface area contributed by atoms with E-state index in [4.69, 9.17) is 0 Å². The van der Waals surface area contributed by atoms with Crippen LogP contribution in [-0.4, -0.2) is 19.9 Å². The quantitative estimate of drug-likeness (QED) is 0.681. The molecular weight excluding hydrogens is 188 g/mol. The van der Waals surface area contributed by atoms with E-state index in [0.29, 0.717) is 0 Å². The van der Waals surface area contributed by atoms with Gasteiger partial charge in [0.25, 0.3) is 0 Å². The Balaban J connectivity index is 3.32. The zero-order chi connectivity index (χ0) is 10.9. The fourth-order valence-corrected chi connectivity index (χ4v) is 1.20. The van der Waals surface area contributed by atoms with Crippen LogP contribution in [0.3, 0.4) is 0 Å². The molecule has 0 aliphatic carbocycles. The highest BCUT2D eigenvalue weighted by molar-refractivity contribution is 5.94. The van der Waals surface area contributed by atoms with E-state index in [1.807, 2.05) is 0 Å². The van der Waals surface area contributed by atoms with Gasteiger partial charge in [-0.2, -0.15) is 0 Å². The average molecular weight is 199 g/mol. The first-order valence-electron chi connectivity index (χ1n) is 4.10. The van der Waals surface area contributed by atoms with E-state index in [9.17, 15) is 13.6 Å². The summed E-state index contributed by atoms with van der Waals surface area (Å²) in [6, 6.07) is 2.08. The van der Waals surface area contributed by atoms with Crippen molar-refractivity contribution < 1.29 is 13.6 Å². The van der Waals surface area contributed by atoms with Crippen molar-refractivity contribution in [3.8, 4) is 0 Å². The number of nitrogens with zero attached hydrogens (tertiary/aromatic N) is 1. The molecule has 0 spiro atoms. The SMILES string of the molecule is CC(=O)c1cc(F)c(N(C)C)c(F)c1. The summed E-state index contributed by atoms with van der Waals surface area (Å²) in [4.78, 5) is 12.2. The first-order valence-corrected chi connectivity index (χ1v) is 4.10. The molecule has 1 aromatic carbocycles. The van der Waals surface area contributed by atoms with Crippen molar-refractivity contribution in [3.05, 3.63) is 29.3 Å². The average Bonchev–Trinajstić information content (AvgIpc) is 2.01. The minimum absolute atomic E-state index is 0.0469. The Kier molecular flexibility index (Phi) is 2.84. The topological polar surface area (TPSA) is 20.3 Å². The highest BCUT2D eigenvalue weighted by atomic mass is 19.1. The van der Waals surface area contributed by atoms with Crippen molar-refractivity contribution in [1.82, 2.24) is 0 Å². The van der Waals surface area contributed by atoms with Gasteiger partial charge in [0, 0.05) is 19.7 Å². The molecule has 0 saturated heterocycles. The maximum absolute atomic E-state index is 13.3. The molecule has 14 heavy (non-hydrogen) atoms.